The molecular weight excluding hydrogens is 397 g/mol. The van der Waals surface area contributed by atoms with Gasteiger partial charge >= 0.3 is 12.1 Å². The number of carbonyl (C=O) groups is 1. The van der Waals surface area contributed by atoms with Gasteiger partial charge in [0, 0.05) is 14.1 Å². The molecule has 2 aromatic carbocycles. The van der Waals surface area contributed by atoms with Gasteiger partial charge in [0.05, 0.1) is 34.0 Å². The third-order valence-corrected chi connectivity index (χ3v) is 5.11. The van der Waals surface area contributed by atoms with Crippen molar-refractivity contribution in [3.8, 4) is 0 Å². The van der Waals surface area contributed by atoms with Gasteiger partial charge in [-0.2, -0.15) is 13.2 Å². The molecule has 0 heterocycles. The molecule has 0 aromatic heterocycles. The molecule has 0 unspecified atom stereocenters. The Balaban J connectivity index is 2.39. The summed E-state index contributed by atoms with van der Waals surface area (Å²) in [4.78, 5) is 12.9. The summed E-state index contributed by atoms with van der Waals surface area (Å²) in [5.74, 6) is -0.604. The van der Waals surface area contributed by atoms with Crippen LogP contribution in [-0.4, -0.2) is 35.1 Å². The van der Waals surface area contributed by atoms with E-state index in [0.29, 0.717) is 0 Å². The largest absolute Gasteiger partial charge is 0.462 e. The number of sulfonamides is 1. The molecule has 0 aliphatic carbocycles. The van der Waals surface area contributed by atoms with Crippen LogP contribution in [0, 0.1) is 0 Å². The fourth-order valence-corrected chi connectivity index (χ4v) is 3.44. The predicted molar refractivity (Wildman–Crippen MR) is 99.0 cm³/mol. The van der Waals surface area contributed by atoms with E-state index in [9.17, 15) is 26.4 Å². The van der Waals surface area contributed by atoms with E-state index in [1.54, 1.807) is 21.0 Å². The Kier molecular flexibility index (Phi) is 6.23. The van der Waals surface area contributed by atoms with E-state index in [4.69, 9.17) is 4.74 Å². The van der Waals surface area contributed by atoms with E-state index in [-0.39, 0.29) is 28.4 Å². The Morgan fingerprint density at radius 2 is 1.71 bits per heavy atom. The molecule has 2 rings (SSSR count). The molecule has 10 heteroatoms. The maximum absolute atomic E-state index is 13.0. The molecule has 0 amide bonds. The van der Waals surface area contributed by atoms with E-state index in [2.05, 4.69) is 4.72 Å². The first-order valence-electron chi connectivity index (χ1n) is 8.14. The van der Waals surface area contributed by atoms with Crippen LogP contribution in [0.4, 0.5) is 24.5 Å². The number of esters is 1. The highest BCUT2D eigenvalue weighted by Crippen LogP contribution is 2.35. The van der Waals surface area contributed by atoms with Crippen LogP contribution >= 0.6 is 0 Å². The third-order valence-electron chi connectivity index (χ3n) is 3.73. The molecular formula is C18H19F3N2O4S. The number of nitrogens with zero attached hydrogens (tertiary/aromatic N) is 1. The van der Waals surface area contributed by atoms with Gasteiger partial charge < -0.3 is 9.64 Å². The molecule has 0 spiro atoms. The molecule has 2 aromatic rings. The summed E-state index contributed by atoms with van der Waals surface area (Å²) in [6.07, 6.45) is -4.62. The molecule has 0 fully saturated rings. The van der Waals surface area contributed by atoms with Gasteiger partial charge in [0.1, 0.15) is 0 Å². The highest BCUT2D eigenvalue weighted by atomic mass is 32.2. The Bertz CT molecular complexity index is 956. The van der Waals surface area contributed by atoms with Crippen molar-refractivity contribution in [3.63, 3.8) is 0 Å². The zero-order chi connectivity index (χ0) is 21.1. The predicted octanol–water partition coefficient (Wildman–Crippen LogP) is 3.75. The van der Waals surface area contributed by atoms with Crippen molar-refractivity contribution in [3.05, 3.63) is 53.6 Å². The maximum Gasteiger partial charge on any atom is 0.416 e. The minimum Gasteiger partial charge on any atom is -0.462 e. The van der Waals surface area contributed by atoms with Gasteiger partial charge in [0.15, 0.2) is 0 Å². The van der Waals surface area contributed by atoms with Gasteiger partial charge in [-0.05, 0) is 49.4 Å². The van der Waals surface area contributed by atoms with E-state index in [1.165, 1.54) is 35.2 Å². The second-order valence-corrected chi connectivity index (χ2v) is 7.66. The summed E-state index contributed by atoms with van der Waals surface area (Å²) in [6.45, 7) is 1.81. The van der Waals surface area contributed by atoms with Crippen molar-refractivity contribution >= 4 is 27.4 Å². The summed E-state index contributed by atoms with van der Waals surface area (Å²) >= 11 is 0. The number of carbonyl (C=O) groups excluding carboxylic acids is 1. The third kappa shape index (κ3) is 4.94. The molecule has 6 nitrogen and oxygen atoms in total. The second kappa shape index (κ2) is 8.09. The van der Waals surface area contributed by atoms with Crippen LogP contribution in [0.1, 0.15) is 22.8 Å². The average molecular weight is 416 g/mol. The van der Waals surface area contributed by atoms with Crippen LogP contribution < -0.4 is 9.62 Å². The van der Waals surface area contributed by atoms with Gasteiger partial charge in [-0.25, -0.2) is 13.2 Å². The van der Waals surface area contributed by atoms with E-state index >= 15 is 0 Å². The standard InChI is InChI=1S/C18H19F3N2O4S/c1-4-27-17(24)12-5-8-14(9-6-12)28(25,26)22-15-11-13(18(19,20)21)7-10-16(15)23(2)3/h5-11,22H,4H2,1-3H3. The molecule has 0 saturated carbocycles. The minimum absolute atomic E-state index is 0.161. The van der Waals surface area contributed by atoms with Crippen molar-refractivity contribution in [1.29, 1.82) is 0 Å². The molecule has 0 aliphatic rings. The quantitative estimate of drug-likeness (QED) is 0.726. The van der Waals surface area contributed by atoms with Crippen LogP contribution in [0.3, 0.4) is 0 Å². The maximum atomic E-state index is 13.0. The lowest BCUT2D eigenvalue weighted by Crippen LogP contribution is -2.18. The summed E-state index contributed by atoms with van der Waals surface area (Å²) in [7, 11) is -1.03. The van der Waals surface area contributed by atoms with Crippen molar-refractivity contribution < 1.29 is 31.1 Å². The number of nitrogens with one attached hydrogen (secondary N) is 1. The normalized spacial score (nSPS) is 11.8. The Hall–Kier alpha value is -2.75. The summed E-state index contributed by atoms with van der Waals surface area (Å²) in [5, 5.41) is 0. The number of benzene rings is 2. The van der Waals surface area contributed by atoms with Crippen LogP contribution in [0.5, 0.6) is 0 Å². The molecule has 0 aliphatic heterocycles. The fraction of sp³-hybridized carbons (Fsp3) is 0.278. The highest BCUT2D eigenvalue weighted by molar-refractivity contribution is 7.92. The zero-order valence-electron chi connectivity index (χ0n) is 15.4. The number of hydrogen-bond donors (Lipinski definition) is 1. The summed E-state index contributed by atoms with van der Waals surface area (Å²) in [5.41, 5.74) is -0.767. The molecule has 1 N–H and O–H groups in total. The van der Waals surface area contributed by atoms with Crippen LogP contribution in [0.15, 0.2) is 47.4 Å². The lowest BCUT2D eigenvalue weighted by Gasteiger charge is -2.20. The van der Waals surface area contributed by atoms with Gasteiger partial charge in [-0.15, -0.1) is 0 Å². The zero-order valence-corrected chi connectivity index (χ0v) is 16.2. The number of ether oxygens (including phenoxy) is 1. The number of halogens is 3. The Morgan fingerprint density at radius 1 is 1.11 bits per heavy atom. The number of anilines is 2. The van der Waals surface area contributed by atoms with Crippen LogP contribution in [0.2, 0.25) is 0 Å². The monoisotopic (exact) mass is 416 g/mol. The smallest absolute Gasteiger partial charge is 0.416 e. The lowest BCUT2D eigenvalue weighted by molar-refractivity contribution is -0.137. The number of rotatable bonds is 6. The summed E-state index contributed by atoms with van der Waals surface area (Å²) < 4.78 is 71.3. The van der Waals surface area contributed by atoms with Crippen LogP contribution in [0.25, 0.3) is 0 Å². The molecule has 28 heavy (non-hydrogen) atoms. The van der Waals surface area contributed by atoms with Crippen molar-refractivity contribution in [1.82, 2.24) is 0 Å². The van der Waals surface area contributed by atoms with E-state index in [1.807, 2.05) is 0 Å². The molecule has 0 radical (unpaired) electrons. The molecule has 0 saturated heterocycles. The topological polar surface area (TPSA) is 75.7 Å². The molecule has 152 valence electrons. The minimum atomic E-state index is -4.62. The van der Waals surface area contributed by atoms with Crippen molar-refractivity contribution in [2.24, 2.45) is 0 Å². The first kappa shape index (κ1) is 21.5. The Morgan fingerprint density at radius 3 is 2.21 bits per heavy atom. The lowest BCUT2D eigenvalue weighted by atomic mass is 10.1. The summed E-state index contributed by atoms with van der Waals surface area (Å²) in [6, 6.07) is 7.69. The van der Waals surface area contributed by atoms with E-state index in [0.717, 1.165) is 12.1 Å². The second-order valence-electron chi connectivity index (χ2n) is 5.97. The Labute approximate surface area is 161 Å². The molecule has 0 atom stereocenters. The van der Waals surface area contributed by atoms with Crippen molar-refractivity contribution in [2.75, 3.05) is 30.3 Å². The van der Waals surface area contributed by atoms with Gasteiger partial charge in [0.25, 0.3) is 10.0 Å². The van der Waals surface area contributed by atoms with Crippen molar-refractivity contribution in [2.45, 2.75) is 18.0 Å². The van der Waals surface area contributed by atoms with Gasteiger partial charge in [-0.3, -0.25) is 4.72 Å². The highest BCUT2D eigenvalue weighted by Gasteiger charge is 2.31. The van der Waals surface area contributed by atoms with Crippen LogP contribution in [-0.2, 0) is 20.9 Å². The van der Waals surface area contributed by atoms with E-state index < -0.39 is 27.7 Å². The number of hydrogen-bond acceptors (Lipinski definition) is 5. The van der Waals surface area contributed by atoms with Gasteiger partial charge in [-0.1, -0.05) is 0 Å². The molecule has 0 bridgehead atoms. The SMILES string of the molecule is CCOC(=O)c1ccc(S(=O)(=O)Nc2cc(C(F)(F)F)ccc2N(C)C)cc1. The van der Waals surface area contributed by atoms with Gasteiger partial charge in [0.2, 0.25) is 0 Å². The number of alkyl halides is 3. The first-order chi connectivity index (χ1) is 13.0. The first-order valence-corrected chi connectivity index (χ1v) is 9.62. The fourth-order valence-electron chi connectivity index (χ4n) is 2.37. The average Bonchev–Trinajstić information content (AvgIpc) is 2.60.